The standard InChI is InChI=1S/C6H12/c1-5(2)6(3)4/h1-4H3/i1D3,2D3. The van der Waals surface area contributed by atoms with Crippen molar-refractivity contribution in [2.45, 2.75) is 27.6 Å². The van der Waals surface area contributed by atoms with Crippen LogP contribution in [0.5, 0.6) is 0 Å². The van der Waals surface area contributed by atoms with Crippen molar-refractivity contribution < 1.29 is 8.22 Å². The van der Waals surface area contributed by atoms with Gasteiger partial charge in [-0.2, -0.15) is 0 Å². The van der Waals surface area contributed by atoms with Gasteiger partial charge in [0.1, 0.15) is 0 Å². The normalized spacial score (nSPS) is 27.0. The zero-order chi connectivity index (χ0) is 10.2. The highest BCUT2D eigenvalue weighted by Crippen LogP contribution is 1.96. The molecule has 0 bridgehead atoms. The molecule has 0 radical (unpaired) electrons. The second kappa shape index (κ2) is 2.01. The highest BCUT2D eigenvalue weighted by molar-refractivity contribution is 5.02. The van der Waals surface area contributed by atoms with Gasteiger partial charge in [-0.15, -0.1) is 0 Å². The summed E-state index contributed by atoms with van der Waals surface area (Å²) in [5.41, 5.74) is -0.0787. The molecule has 0 aliphatic rings. The molecule has 0 saturated heterocycles. The van der Waals surface area contributed by atoms with E-state index in [9.17, 15) is 0 Å². The number of allylic oxidation sites excluding steroid dienone is 2. The van der Waals surface area contributed by atoms with Crippen LogP contribution in [0, 0.1) is 0 Å². The Morgan fingerprint density at radius 1 is 1.17 bits per heavy atom. The van der Waals surface area contributed by atoms with Crippen molar-refractivity contribution in [2.24, 2.45) is 0 Å². The molecule has 0 aromatic rings. The van der Waals surface area contributed by atoms with Crippen molar-refractivity contribution in [3.63, 3.8) is 0 Å². The third kappa shape index (κ3) is 2.01. The molecular formula is C6H12. The highest BCUT2D eigenvalue weighted by atomic mass is 13.8. The molecule has 0 saturated carbocycles. The molecule has 0 amide bonds. The van der Waals surface area contributed by atoms with Gasteiger partial charge in [0, 0.05) is 8.22 Å². The summed E-state index contributed by atoms with van der Waals surface area (Å²) >= 11 is 0. The average molecular weight is 90.2 g/mol. The van der Waals surface area contributed by atoms with E-state index in [2.05, 4.69) is 0 Å². The first-order valence-electron chi connectivity index (χ1n) is 4.75. The zero-order valence-electron chi connectivity index (χ0n) is 10.0. The predicted octanol–water partition coefficient (Wildman–Crippen LogP) is 2.36. The van der Waals surface area contributed by atoms with Crippen molar-refractivity contribution in [2.75, 3.05) is 0 Å². The smallest absolute Gasteiger partial charge is 0.0276 e. The molecule has 6 heavy (non-hydrogen) atoms. The van der Waals surface area contributed by atoms with E-state index in [1.165, 1.54) is 13.8 Å². The molecule has 0 spiro atoms. The van der Waals surface area contributed by atoms with Gasteiger partial charge in [-0.3, -0.25) is 0 Å². The molecule has 36 valence electrons. The minimum Gasteiger partial charge on any atom is -0.0778 e. The molecule has 0 atom stereocenters. The van der Waals surface area contributed by atoms with E-state index in [0.29, 0.717) is 5.57 Å². The van der Waals surface area contributed by atoms with Crippen LogP contribution < -0.4 is 0 Å². The topological polar surface area (TPSA) is 0 Å². The summed E-state index contributed by atoms with van der Waals surface area (Å²) in [5.74, 6) is 0. The molecule has 0 unspecified atom stereocenters. The van der Waals surface area contributed by atoms with Crippen molar-refractivity contribution in [3.05, 3.63) is 11.1 Å². The molecule has 0 aromatic heterocycles. The minimum absolute atomic E-state index is 0.343. The largest absolute Gasteiger partial charge is 0.0778 e. The van der Waals surface area contributed by atoms with Crippen molar-refractivity contribution in [1.29, 1.82) is 0 Å². The van der Waals surface area contributed by atoms with Crippen LogP contribution in [-0.4, -0.2) is 0 Å². The van der Waals surface area contributed by atoms with Crippen molar-refractivity contribution in [1.82, 2.24) is 0 Å². The number of rotatable bonds is 0. The maximum Gasteiger partial charge on any atom is 0.0276 e. The summed E-state index contributed by atoms with van der Waals surface area (Å²) < 4.78 is 41.9. The Morgan fingerprint density at radius 2 is 1.67 bits per heavy atom. The molecule has 0 heterocycles. The lowest BCUT2D eigenvalue weighted by Gasteiger charge is -1.88. The molecule has 0 heteroatoms. The van der Waals surface area contributed by atoms with Gasteiger partial charge in [0.05, 0.1) is 0 Å². The van der Waals surface area contributed by atoms with E-state index >= 15 is 0 Å². The first kappa shape index (κ1) is 1.12. The van der Waals surface area contributed by atoms with Gasteiger partial charge in [-0.25, -0.2) is 0 Å². The Hall–Kier alpha value is -0.260. The second-order valence-electron chi connectivity index (χ2n) is 1.38. The van der Waals surface area contributed by atoms with E-state index in [4.69, 9.17) is 8.22 Å². The second-order valence-corrected chi connectivity index (χ2v) is 1.38. The third-order valence-corrected chi connectivity index (χ3v) is 0.500. The van der Waals surface area contributed by atoms with Gasteiger partial charge >= 0.3 is 0 Å². The van der Waals surface area contributed by atoms with Crippen LogP contribution in [0.15, 0.2) is 11.1 Å². The van der Waals surface area contributed by atoms with Crippen LogP contribution in [0.3, 0.4) is 0 Å². The van der Waals surface area contributed by atoms with E-state index in [1.54, 1.807) is 0 Å². The Morgan fingerprint density at radius 3 is 1.67 bits per heavy atom. The molecule has 0 rings (SSSR count). The molecule has 0 fully saturated rings. The van der Waals surface area contributed by atoms with Gasteiger partial charge in [-0.05, 0) is 27.6 Å². The van der Waals surface area contributed by atoms with Gasteiger partial charge in [0.25, 0.3) is 0 Å². The molecule has 0 N–H and O–H groups in total. The fourth-order valence-electron chi connectivity index (χ4n) is 0. The fourth-order valence-corrected chi connectivity index (χ4v) is 0. The first-order valence-corrected chi connectivity index (χ1v) is 1.75. The van der Waals surface area contributed by atoms with E-state index < -0.39 is 19.3 Å². The van der Waals surface area contributed by atoms with Crippen molar-refractivity contribution in [3.8, 4) is 0 Å². The van der Waals surface area contributed by atoms with Gasteiger partial charge in [0.2, 0.25) is 0 Å². The molecule has 0 aromatic carbocycles. The lowest BCUT2D eigenvalue weighted by molar-refractivity contribution is 1.23. The fraction of sp³-hybridized carbons (Fsp3) is 0.667. The van der Waals surface area contributed by atoms with E-state index in [0.717, 1.165) is 0 Å². The summed E-state index contributed by atoms with van der Waals surface area (Å²) in [4.78, 5) is 0. The zero-order valence-corrected chi connectivity index (χ0v) is 4.00. The Bertz CT molecular complexity index is 173. The van der Waals surface area contributed by atoms with Crippen LogP contribution in [-0.2, 0) is 0 Å². The lowest BCUT2D eigenvalue weighted by atomic mass is 10.2. The van der Waals surface area contributed by atoms with Crippen molar-refractivity contribution >= 4 is 0 Å². The summed E-state index contributed by atoms with van der Waals surface area (Å²) in [7, 11) is 0. The molecular weight excluding hydrogens is 72.1 g/mol. The van der Waals surface area contributed by atoms with E-state index in [1.807, 2.05) is 0 Å². The van der Waals surface area contributed by atoms with Crippen LogP contribution in [0.2, 0.25) is 0 Å². The van der Waals surface area contributed by atoms with Gasteiger partial charge in [-0.1, -0.05) is 11.1 Å². The average Bonchev–Trinajstić information content (AvgIpc) is 1.49. The first-order chi connectivity index (χ1) is 5.07. The minimum atomic E-state index is -2.51. The van der Waals surface area contributed by atoms with Crippen LogP contribution >= 0.6 is 0 Å². The van der Waals surface area contributed by atoms with Crippen LogP contribution in [0.25, 0.3) is 0 Å². The Labute approximate surface area is 48.3 Å². The summed E-state index contributed by atoms with van der Waals surface area (Å²) in [6.45, 7) is -2.03. The summed E-state index contributed by atoms with van der Waals surface area (Å²) in [6, 6.07) is 0. The molecule has 0 aliphatic carbocycles. The van der Waals surface area contributed by atoms with E-state index in [-0.39, 0.29) is 0 Å². The molecule has 0 nitrogen and oxygen atoms in total. The lowest BCUT2D eigenvalue weighted by Crippen LogP contribution is -1.66. The maximum atomic E-state index is 6.99. The Balaban J connectivity index is 5.13. The van der Waals surface area contributed by atoms with Crippen LogP contribution in [0.1, 0.15) is 35.8 Å². The van der Waals surface area contributed by atoms with Gasteiger partial charge < -0.3 is 0 Å². The quantitative estimate of drug-likeness (QED) is 0.400. The Kier molecular flexibility index (Phi) is 0.375. The maximum absolute atomic E-state index is 6.99. The number of hydrogen-bond donors (Lipinski definition) is 0. The SMILES string of the molecule is [2H]C([2H])([2H])C(=C(C)C)C([2H])([2H])[2H]. The molecule has 0 aliphatic heterocycles. The number of hydrogen-bond acceptors (Lipinski definition) is 0. The van der Waals surface area contributed by atoms with Gasteiger partial charge in [0.15, 0.2) is 0 Å². The summed E-state index contributed by atoms with van der Waals surface area (Å²) in [6.07, 6.45) is 0. The monoisotopic (exact) mass is 90.1 g/mol. The highest BCUT2D eigenvalue weighted by Gasteiger charge is 1.75. The summed E-state index contributed by atoms with van der Waals surface area (Å²) in [5, 5.41) is 0. The predicted molar refractivity (Wildman–Crippen MR) is 29.7 cm³/mol. The van der Waals surface area contributed by atoms with Crippen LogP contribution in [0.4, 0.5) is 0 Å². The third-order valence-electron chi connectivity index (χ3n) is 0.500.